The van der Waals surface area contributed by atoms with Gasteiger partial charge in [-0.2, -0.15) is 0 Å². The Morgan fingerprint density at radius 3 is 2.77 bits per heavy atom. The zero-order valence-corrected chi connectivity index (χ0v) is 17.9. The van der Waals surface area contributed by atoms with E-state index in [0.717, 1.165) is 38.0 Å². The molecule has 3 heterocycles. The van der Waals surface area contributed by atoms with Gasteiger partial charge < -0.3 is 20.9 Å². The van der Waals surface area contributed by atoms with Gasteiger partial charge in [0.2, 0.25) is 0 Å². The fourth-order valence-corrected chi connectivity index (χ4v) is 4.84. The third kappa shape index (κ3) is 4.24. The summed E-state index contributed by atoms with van der Waals surface area (Å²) in [4.78, 5) is 26.0. The molecule has 164 valence electrons. The summed E-state index contributed by atoms with van der Waals surface area (Å²) in [7, 11) is 0. The van der Waals surface area contributed by atoms with Crippen LogP contribution in [0.3, 0.4) is 0 Å². The summed E-state index contributed by atoms with van der Waals surface area (Å²) in [6.07, 6.45) is 1.70. The molecule has 8 heteroatoms. The molecule has 4 N–H and O–H groups in total. The lowest BCUT2D eigenvalue weighted by molar-refractivity contribution is 0.196. The SMILES string of the molecule is CC(C)(C)C1CCN(C(=O)NCc2ccc(C3CCNC4NC(=O)NC43)cc2F)C1. The molecule has 4 rings (SSSR count). The first-order valence-electron chi connectivity index (χ1n) is 10.8. The second-order valence-corrected chi connectivity index (χ2v) is 9.78. The van der Waals surface area contributed by atoms with Gasteiger partial charge >= 0.3 is 12.1 Å². The highest BCUT2D eigenvalue weighted by molar-refractivity contribution is 5.77. The first-order chi connectivity index (χ1) is 14.2. The molecular weight excluding hydrogens is 385 g/mol. The highest BCUT2D eigenvalue weighted by Crippen LogP contribution is 2.33. The van der Waals surface area contributed by atoms with Crippen molar-refractivity contribution in [1.82, 2.24) is 26.2 Å². The van der Waals surface area contributed by atoms with Crippen LogP contribution in [0.4, 0.5) is 14.0 Å². The van der Waals surface area contributed by atoms with Crippen molar-refractivity contribution in [2.45, 2.75) is 58.3 Å². The van der Waals surface area contributed by atoms with Crippen LogP contribution in [0.1, 0.15) is 50.7 Å². The van der Waals surface area contributed by atoms with Gasteiger partial charge in [-0.25, -0.2) is 14.0 Å². The zero-order chi connectivity index (χ0) is 21.5. The number of fused-ring (bicyclic) bond motifs is 1. The molecule has 3 aliphatic heterocycles. The molecule has 7 nitrogen and oxygen atoms in total. The highest BCUT2D eigenvalue weighted by atomic mass is 19.1. The molecule has 4 atom stereocenters. The van der Waals surface area contributed by atoms with Crippen LogP contribution in [-0.4, -0.2) is 48.8 Å². The Kier molecular flexibility index (Phi) is 5.61. The third-order valence-electron chi connectivity index (χ3n) is 6.83. The molecule has 0 saturated carbocycles. The average molecular weight is 418 g/mol. The number of hydrogen-bond donors (Lipinski definition) is 4. The second-order valence-electron chi connectivity index (χ2n) is 9.78. The van der Waals surface area contributed by atoms with Crippen LogP contribution >= 0.6 is 0 Å². The molecule has 3 saturated heterocycles. The Labute approximate surface area is 177 Å². The van der Waals surface area contributed by atoms with Crippen LogP contribution in [0.15, 0.2) is 18.2 Å². The third-order valence-corrected chi connectivity index (χ3v) is 6.83. The van der Waals surface area contributed by atoms with E-state index < -0.39 is 0 Å². The summed E-state index contributed by atoms with van der Waals surface area (Å²) in [5.41, 5.74) is 1.52. The summed E-state index contributed by atoms with van der Waals surface area (Å²) in [6.45, 7) is 9.02. The van der Waals surface area contributed by atoms with Crippen molar-refractivity contribution >= 4 is 12.1 Å². The van der Waals surface area contributed by atoms with Gasteiger partial charge in [0.1, 0.15) is 12.0 Å². The number of piperidine rings is 1. The van der Waals surface area contributed by atoms with Gasteiger partial charge in [0.25, 0.3) is 0 Å². The Hall–Kier alpha value is -2.35. The molecule has 4 amide bonds. The fraction of sp³-hybridized carbons (Fsp3) is 0.636. The predicted molar refractivity (Wildman–Crippen MR) is 112 cm³/mol. The van der Waals surface area contributed by atoms with Crippen molar-refractivity contribution in [3.63, 3.8) is 0 Å². The second kappa shape index (κ2) is 8.06. The molecule has 0 spiro atoms. The van der Waals surface area contributed by atoms with Crippen LogP contribution in [0.25, 0.3) is 0 Å². The van der Waals surface area contributed by atoms with E-state index in [2.05, 4.69) is 42.0 Å². The van der Waals surface area contributed by atoms with Crippen LogP contribution in [0.2, 0.25) is 0 Å². The minimum atomic E-state index is -0.325. The molecule has 1 aromatic rings. The standard InChI is InChI=1S/C22H32FN5O2/c1-22(2,3)15-7-9-28(12-15)21(30)25-11-14-5-4-13(10-17(14)23)16-6-8-24-19-18(16)26-20(29)27-19/h4-5,10,15-16,18-19,24H,6-9,11-12H2,1-3H3,(H,25,30)(H2,26,27,29). The van der Waals surface area contributed by atoms with Crippen LogP contribution in [-0.2, 0) is 6.54 Å². The maximum atomic E-state index is 14.8. The summed E-state index contributed by atoms with van der Waals surface area (Å²) in [6, 6.07) is 4.78. The Morgan fingerprint density at radius 2 is 2.07 bits per heavy atom. The Bertz CT molecular complexity index is 824. The van der Waals surface area contributed by atoms with Gasteiger partial charge in [0, 0.05) is 31.1 Å². The lowest BCUT2D eigenvalue weighted by atomic mass is 9.80. The number of benzene rings is 1. The van der Waals surface area contributed by atoms with Gasteiger partial charge in [0.15, 0.2) is 0 Å². The number of likely N-dealkylation sites (tertiary alicyclic amines) is 1. The summed E-state index contributed by atoms with van der Waals surface area (Å²) in [5.74, 6) is 0.208. The van der Waals surface area contributed by atoms with E-state index in [1.165, 1.54) is 0 Å². The Morgan fingerprint density at radius 1 is 1.27 bits per heavy atom. The fourth-order valence-electron chi connectivity index (χ4n) is 4.84. The monoisotopic (exact) mass is 417 g/mol. The number of nitrogens with zero attached hydrogens (tertiary/aromatic N) is 1. The number of carbonyl (C=O) groups excluding carboxylic acids is 2. The number of carbonyl (C=O) groups is 2. The lowest BCUT2D eigenvalue weighted by Crippen LogP contribution is -2.53. The van der Waals surface area contributed by atoms with E-state index in [1.807, 2.05) is 11.0 Å². The quantitative estimate of drug-likeness (QED) is 0.610. The molecule has 0 radical (unpaired) electrons. The molecule has 4 unspecified atom stereocenters. The molecule has 0 bridgehead atoms. The van der Waals surface area contributed by atoms with E-state index in [4.69, 9.17) is 0 Å². The zero-order valence-electron chi connectivity index (χ0n) is 17.9. The molecule has 0 aromatic heterocycles. The van der Waals surface area contributed by atoms with Crippen molar-refractivity contribution < 1.29 is 14.0 Å². The van der Waals surface area contributed by atoms with E-state index in [0.29, 0.717) is 11.5 Å². The lowest BCUT2D eigenvalue weighted by Gasteiger charge is -2.33. The first-order valence-corrected chi connectivity index (χ1v) is 10.8. The first kappa shape index (κ1) is 20.9. The largest absolute Gasteiger partial charge is 0.334 e. The number of rotatable bonds is 3. The minimum absolute atomic E-state index is 0.0484. The summed E-state index contributed by atoms with van der Waals surface area (Å²) >= 11 is 0. The van der Waals surface area contributed by atoms with Gasteiger partial charge in [0.05, 0.1) is 6.04 Å². The maximum Gasteiger partial charge on any atom is 0.317 e. The number of halogens is 1. The number of urea groups is 2. The van der Waals surface area contributed by atoms with E-state index >= 15 is 0 Å². The topological polar surface area (TPSA) is 85.5 Å². The molecule has 0 aliphatic carbocycles. The van der Waals surface area contributed by atoms with Crippen LogP contribution < -0.4 is 21.3 Å². The Balaban J connectivity index is 1.36. The summed E-state index contributed by atoms with van der Waals surface area (Å²) in [5, 5.41) is 11.9. The summed E-state index contributed by atoms with van der Waals surface area (Å²) < 4.78 is 14.8. The molecule has 1 aromatic carbocycles. The van der Waals surface area contributed by atoms with Crippen molar-refractivity contribution in [3.05, 3.63) is 35.1 Å². The van der Waals surface area contributed by atoms with Gasteiger partial charge in [-0.15, -0.1) is 0 Å². The van der Waals surface area contributed by atoms with Crippen LogP contribution in [0, 0.1) is 17.2 Å². The number of nitrogens with one attached hydrogen (secondary N) is 4. The normalized spacial score (nSPS) is 28.7. The smallest absolute Gasteiger partial charge is 0.317 e. The maximum absolute atomic E-state index is 14.8. The molecule has 3 aliphatic rings. The van der Waals surface area contributed by atoms with E-state index in [-0.39, 0.29) is 48.0 Å². The molecule has 3 fully saturated rings. The molecular formula is C22H32FN5O2. The van der Waals surface area contributed by atoms with Crippen LogP contribution in [0.5, 0.6) is 0 Å². The highest BCUT2D eigenvalue weighted by Gasteiger charge is 2.40. The number of amides is 4. The van der Waals surface area contributed by atoms with Crippen molar-refractivity contribution in [2.24, 2.45) is 11.3 Å². The minimum Gasteiger partial charge on any atom is -0.334 e. The molecule has 30 heavy (non-hydrogen) atoms. The van der Waals surface area contributed by atoms with Crippen molar-refractivity contribution in [1.29, 1.82) is 0 Å². The van der Waals surface area contributed by atoms with E-state index in [1.54, 1.807) is 12.1 Å². The van der Waals surface area contributed by atoms with Gasteiger partial charge in [-0.05, 0) is 42.3 Å². The predicted octanol–water partition coefficient (Wildman–Crippen LogP) is 2.49. The average Bonchev–Trinajstić information content (AvgIpc) is 3.32. The van der Waals surface area contributed by atoms with Gasteiger partial charge in [-0.3, -0.25) is 5.32 Å². The van der Waals surface area contributed by atoms with E-state index in [9.17, 15) is 14.0 Å². The van der Waals surface area contributed by atoms with Crippen molar-refractivity contribution in [2.75, 3.05) is 19.6 Å². The number of hydrogen-bond acceptors (Lipinski definition) is 3. The van der Waals surface area contributed by atoms with Crippen molar-refractivity contribution in [3.8, 4) is 0 Å². The van der Waals surface area contributed by atoms with Gasteiger partial charge in [-0.1, -0.05) is 32.9 Å².